The van der Waals surface area contributed by atoms with Crippen LogP contribution in [0.5, 0.6) is 0 Å². The minimum atomic E-state index is -0.449. The van der Waals surface area contributed by atoms with E-state index in [9.17, 15) is 10.1 Å². The first-order chi connectivity index (χ1) is 7.15. The van der Waals surface area contributed by atoms with Crippen molar-refractivity contribution < 1.29 is 9.66 Å². The molecule has 82 valence electrons. The summed E-state index contributed by atoms with van der Waals surface area (Å²) in [4.78, 5) is 14.2. The van der Waals surface area contributed by atoms with Gasteiger partial charge in [0.1, 0.15) is 0 Å². The zero-order valence-corrected chi connectivity index (χ0v) is 8.69. The van der Waals surface area contributed by atoms with Crippen LogP contribution in [0, 0.1) is 17.0 Å². The summed E-state index contributed by atoms with van der Waals surface area (Å²) < 4.78 is 4.83. The highest BCUT2D eigenvalue weighted by molar-refractivity contribution is 5.56. The minimum absolute atomic E-state index is 0.00824. The lowest BCUT2D eigenvalue weighted by molar-refractivity contribution is -0.384. The van der Waals surface area contributed by atoms with Gasteiger partial charge in [-0.15, -0.1) is 0 Å². The van der Waals surface area contributed by atoms with Crippen molar-refractivity contribution in [2.24, 2.45) is 0 Å². The lowest BCUT2D eigenvalue weighted by Crippen LogP contribution is -2.10. The number of rotatable bonds is 5. The lowest BCUT2D eigenvalue weighted by Gasteiger charge is -2.05. The third kappa shape index (κ3) is 3.17. The van der Waals surface area contributed by atoms with E-state index in [4.69, 9.17) is 4.74 Å². The first-order valence-corrected chi connectivity index (χ1v) is 4.49. The van der Waals surface area contributed by atoms with Crippen LogP contribution in [0.2, 0.25) is 0 Å². The molecule has 0 spiro atoms. The molecule has 0 fully saturated rings. The van der Waals surface area contributed by atoms with Crippen LogP contribution >= 0.6 is 0 Å². The highest BCUT2D eigenvalue weighted by Gasteiger charge is 2.14. The Morgan fingerprint density at radius 2 is 2.40 bits per heavy atom. The molecular weight excluding hydrogens is 198 g/mol. The Morgan fingerprint density at radius 3 is 3.00 bits per heavy atom. The second-order valence-electron chi connectivity index (χ2n) is 3.06. The van der Waals surface area contributed by atoms with Gasteiger partial charge in [0.05, 0.1) is 11.5 Å². The van der Waals surface area contributed by atoms with Gasteiger partial charge >= 0.3 is 5.69 Å². The number of nitro groups is 1. The summed E-state index contributed by atoms with van der Waals surface area (Å²) >= 11 is 0. The second-order valence-corrected chi connectivity index (χ2v) is 3.06. The molecule has 0 aliphatic carbocycles. The molecule has 15 heavy (non-hydrogen) atoms. The summed E-state index contributed by atoms with van der Waals surface area (Å²) in [6.45, 7) is 2.74. The minimum Gasteiger partial charge on any atom is -0.383 e. The Balaban J connectivity index is 2.81. The topological polar surface area (TPSA) is 77.3 Å². The molecule has 0 bridgehead atoms. The molecule has 6 heteroatoms. The van der Waals surface area contributed by atoms with Crippen LogP contribution in [0.1, 0.15) is 5.56 Å². The van der Waals surface area contributed by atoms with E-state index in [0.29, 0.717) is 13.2 Å². The van der Waals surface area contributed by atoms with E-state index < -0.39 is 4.92 Å². The van der Waals surface area contributed by atoms with Crippen LogP contribution in [-0.2, 0) is 4.74 Å². The van der Waals surface area contributed by atoms with E-state index in [2.05, 4.69) is 10.3 Å². The van der Waals surface area contributed by atoms with E-state index >= 15 is 0 Å². The maximum Gasteiger partial charge on any atom is 0.311 e. The first-order valence-electron chi connectivity index (χ1n) is 4.49. The fraction of sp³-hybridized carbons (Fsp3) is 0.444. The van der Waals surface area contributed by atoms with Crippen molar-refractivity contribution in [3.05, 3.63) is 27.9 Å². The van der Waals surface area contributed by atoms with Crippen LogP contribution in [0.3, 0.4) is 0 Å². The van der Waals surface area contributed by atoms with Gasteiger partial charge in [0.25, 0.3) is 0 Å². The summed E-state index contributed by atoms with van der Waals surface area (Å²) in [5, 5.41) is 13.5. The van der Waals surface area contributed by atoms with Gasteiger partial charge in [-0.25, -0.2) is 4.98 Å². The number of pyridine rings is 1. The van der Waals surface area contributed by atoms with E-state index in [1.165, 1.54) is 6.07 Å². The van der Waals surface area contributed by atoms with Gasteiger partial charge in [-0.1, -0.05) is 0 Å². The van der Waals surface area contributed by atoms with Gasteiger partial charge in [0, 0.05) is 25.9 Å². The van der Waals surface area contributed by atoms with Crippen molar-refractivity contribution in [2.45, 2.75) is 6.92 Å². The van der Waals surface area contributed by atoms with E-state index in [1.54, 1.807) is 20.2 Å². The third-order valence-electron chi connectivity index (χ3n) is 1.80. The molecule has 0 aliphatic heterocycles. The van der Waals surface area contributed by atoms with Crippen molar-refractivity contribution in [3.8, 4) is 0 Å². The molecule has 0 unspecified atom stereocenters. The monoisotopic (exact) mass is 211 g/mol. The van der Waals surface area contributed by atoms with Crippen molar-refractivity contribution in [3.63, 3.8) is 0 Å². The number of hydrogen-bond donors (Lipinski definition) is 1. The number of aryl methyl sites for hydroxylation is 1. The van der Waals surface area contributed by atoms with E-state index in [0.717, 1.165) is 5.56 Å². The van der Waals surface area contributed by atoms with Crippen LogP contribution < -0.4 is 5.32 Å². The molecule has 0 aromatic carbocycles. The Labute approximate surface area is 87.4 Å². The number of aromatic nitrogens is 1. The second kappa shape index (κ2) is 5.26. The Kier molecular flexibility index (Phi) is 3.99. The van der Waals surface area contributed by atoms with Crippen molar-refractivity contribution in [2.75, 3.05) is 25.6 Å². The molecule has 1 rings (SSSR count). The van der Waals surface area contributed by atoms with Gasteiger partial charge in [0.15, 0.2) is 0 Å². The van der Waals surface area contributed by atoms with Gasteiger partial charge in [-0.3, -0.25) is 10.1 Å². The van der Waals surface area contributed by atoms with Gasteiger partial charge in [-0.2, -0.15) is 0 Å². The van der Waals surface area contributed by atoms with Crippen LogP contribution in [-0.4, -0.2) is 30.2 Å². The normalized spacial score (nSPS) is 10.0. The molecule has 1 aromatic heterocycles. The third-order valence-corrected chi connectivity index (χ3v) is 1.80. The van der Waals surface area contributed by atoms with E-state index in [-0.39, 0.29) is 11.5 Å². The number of hydrogen-bond acceptors (Lipinski definition) is 5. The average molecular weight is 211 g/mol. The molecule has 6 nitrogen and oxygen atoms in total. The number of nitrogens with one attached hydrogen (secondary N) is 1. The predicted octanol–water partition coefficient (Wildman–Crippen LogP) is 1.36. The first kappa shape index (κ1) is 11.4. The largest absolute Gasteiger partial charge is 0.383 e. The Morgan fingerprint density at radius 1 is 1.67 bits per heavy atom. The predicted molar refractivity (Wildman–Crippen MR) is 56.0 cm³/mol. The van der Waals surface area contributed by atoms with Crippen LogP contribution in [0.25, 0.3) is 0 Å². The molecule has 0 aliphatic rings. The number of ether oxygens (including phenoxy) is 1. The zero-order chi connectivity index (χ0) is 11.3. The summed E-state index contributed by atoms with van der Waals surface area (Å²) in [7, 11) is 1.57. The number of methoxy groups -OCH3 is 1. The smallest absolute Gasteiger partial charge is 0.311 e. The van der Waals surface area contributed by atoms with Crippen molar-refractivity contribution in [1.29, 1.82) is 0 Å². The lowest BCUT2D eigenvalue weighted by atomic mass is 10.3. The van der Waals surface area contributed by atoms with E-state index in [1.807, 2.05) is 0 Å². The Bertz CT molecular complexity index is 354. The molecular formula is C9H13N3O3. The maximum atomic E-state index is 10.7. The molecule has 0 atom stereocenters. The van der Waals surface area contributed by atoms with Crippen LogP contribution in [0.4, 0.5) is 11.5 Å². The highest BCUT2D eigenvalue weighted by atomic mass is 16.6. The summed E-state index contributed by atoms with van der Waals surface area (Å²) in [6.07, 6.45) is 1.59. The number of nitrogens with zero attached hydrogens (tertiary/aromatic N) is 2. The van der Waals surface area contributed by atoms with Crippen LogP contribution in [0.15, 0.2) is 12.3 Å². The molecule has 0 amide bonds. The standard InChI is InChI=1S/C9H13N3O3/c1-7-5-8(12(13)14)9(11-6-7)10-3-4-15-2/h5-6H,3-4H2,1-2H3,(H,10,11). The summed E-state index contributed by atoms with van der Waals surface area (Å²) in [5.41, 5.74) is 0.755. The summed E-state index contributed by atoms with van der Waals surface area (Å²) in [6, 6.07) is 1.49. The molecule has 0 saturated heterocycles. The van der Waals surface area contributed by atoms with Gasteiger partial charge in [-0.05, 0) is 12.5 Å². The van der Waals surface area contributed by atoms with Gasteiger partial charge in [0.2, 0.25) is 5.82 Å². The van der Waals surface area contributed by atoms with Gasteiger partial charge < -0.3 is 10.1 Å². The zero-order valence-electron chi connectivity index (χ0n) is 8.69. The SMILES string of the molecule is COCCNc1ncc(C)cc1[N+](=O)[O-]. The number of anilines is 1. The molecule has 0 saturated carbocycles. The molecule has 0 radical (unpaired) electrons. The highest BCUT2D eigenvalue weighted by Crippen LogP contribution is 2.21. The van der Waals surface area contributed by atoms with Crippen molar-refractivity contribution in [1.82, 2.24) is 4.98 Å². The fourth-order valence-electron chi connectivity index (χ4n) is 1.10. The molecule has 1 N–H and O–H groups in total. The molecule has 1 aromatic rings. The van der Waals surface area contributed by atoms with Crippen molar-refractivity contribution >= 4 is 11.5 Å². The summed E-state index contributed by atoms with van der Waals surface area (Å²) in [5.74, 6) is 0.280. The Hall–Kier alpha value is -1.69. The maximum absolute atomic E-state index is 10.7. The fourth-order valence-corrected chi connectivity index (χ4v) is 1.10. The molecule has 1 heterocycles. The average Bonchev–Trinajstić information content (AvgIpc) is 2.20. The quantitative estimate of drug-likeness (QED) is 0.452.